The number of fused-ring (bicyclic) bond motifs is 1. The van der Waals surface area contributed by atoms with Crippen LogP contribution >= 0.6 is 12.4 Å². The number of benzene rings is 1. The second kappa shape index (κ2) is 10.8. The van der Waals surface area contributed by atoms with E-state index < -0.39 is 0 Å². The van der Waals surface area contributed by atoms with Gasteiger partial charge in [-0.2, -0.15) is 0 Å². The van der Waals surface area contributed by atoms with E-state index in [1.165, 1.54) is 49.7 Å². The van der Waals surface area contributed by atoms with Crippen LogP contribution in [0.15, 0.2) is 24.3 Å². The Morgan fingerprint density at radius 3 is 2.64 bits per heavy atom. The molecule has 1 aliphatic carbocycles. The van der Waals surface area contributed by atoms with Crippen molar-refractivity contribution < 1.29 is 9.53 Å². The van der Waals surface area contributed by atoms with Gasteiger partial charge in [-0.3, -0.25) is 4.79 Å². The lowest BCUT2D eigenvalue weighted by Gasteiger charge is -2.25. The lowest BCUT2D eigenvalue weighted by Crippen LogP contribution is -2.37. The molecule has 5 heteroatoms. The molecule has 1 heterocycles. The van der Waals surface area contributed by atoms with Gasteiger partial charge in [-0.05, 0) is 30.4 Å². The second-order valence-electron chi connectivity index (χ2n) is 7.00. The first-order valence-electron chi connectivity index (χ1n) is 9.52. The summed E-state index contributed by atoms with van der Waals surface area (Å²) < 4.78 is 5.81. The third-order valence-corrected chi connectivity index (χ3v) is 5.20. The molecule has 1 aliphatic heterocycles. The molecule has 3 rings (SSSR count). The average Bonchev–Trinajstić information content (AvgIpc) is 2.88. The number of ether oxygens (including phenoxy) is 1. The zero-order valence-corrected chi connectivity index (χ0v) is 15.8. The molecule has 2 aliphatic rings. The number of nitrogens with one attached hydrogen (secondary N) is 2. The molecule has 0 radical (unpaired) electrons. The van der Waals surface area contributed by atoms with Gasteiger partial charge >= 0.3 is 0 Å². The standard InChI is InChI=1S/C20H30N2O2.ClH/c23-20(22-13-12-21-17-8-3-1-2-4-9-17)15-19-18-10-6-5-7-16(18)11-14-24-19;/h5-7,10,17,19,21H,1-4,8-9,11-15H2,(H,22,23);1H. The minimum absolute atomic E-state index is 0. The Labute approximate surface area is 157 Å². The van der Waals surface area contributed by atoms with Crippen LogP contribution in [0.3, 0.4) is 0 Å². The molecule has 4 nitrogen and oxygen atoms in total. The van der Waals surface area contributed by atoms with Crippen molar-refractivity contribution in [3.05, 3.63) is 35.4 Å². The number of hydrogen-bond acceptors (Lipinski definition) is 3. The lowest BCUT2D eigenvalue weighted by atomic mass is 9.96. The summed E-state index contributed by atoms with van der Waals surface area (Å²) in [4.78, 5) is 12.2. The molecule has 1 aromatic carbocycles. The highest BCUT2D eigenvalue weighted by atomic mass is 35.5. The fraction of sp³-hybridized carbons (Fsp3) is 0.650. The molecule has 1 aromatic rings. The summed E-state index contributed by atoms with van der Waals surface area (Å²) in [5.41, 5.74) is 2.49. The molecule has 1 atom stereocenters. The number of carbonyl (C=O) groups excluding carboxylic acids is 1. The van der Waals surface area contributed by atoms with E-state index in [0.717, 1.165) is 13.0 Å². The van der Waals surface area contributed by atoms with Gasteiger partial charge in [0.05, 0.1) is 19.1 Å². The Kier molecular flexibility index (Phi) is 8.73. The molecule has 0 bridgehead atoms. The van der Waals surface area contributed by atoms with Gasteiger partial charge in [0.2, 0.25) is 5.91 Å². The van der Waals surface area contributed by atoms with E-state index in [-0.39, 0.29) is 24.4 Å². The maximum absolute atomic E-state index is 12.2. The minimum Gasteiger partial charge on any atom is -0.373 e. The van der Waals surface area contributed by atoms with Gasteiger partial charge in [-0.25, -0.2) is 0 Å². The molecular formula is C20H31ClN2O2. The van der Waals surface area contributed by atoms with E-state index in [1.807, 2.05) is 6.07 Å². The number of halogens is 1. The molecule has 1 saturated carbocycles. The lowest BCUT2D eigenvalue weighted by molar-refractivity contribution is -0.124. The fourth-order valence-electron chi connectivity index (χ4n) is 3.85. The van der Waals surface area contributed by atoms with Crippen LogP contribution < -0.4 is 10.6 Å². The SMILES string of the molecule is Cl.O=C(CC1OCCc2ccccc21)NCCNC1CCCCCC1. The topological polar surface area (TPSA) is 50.4 Å². The molecule has 2 N–H and O–H groups in total. The highest BCUT2D eigenvalue weighted by molar-refractivity contribution is 5.85. The summed E-state index contributed by atoms with van der Waals surface area (Å²) in [5.74, 6) is 0.0827. The second-order valence-corrected chi connectivity index (χ2v) is 7.00. The summed E-state index contributed by atoms with van der Waals surface area (Å²) >= 11 is 0. The molecule has 0 spiro atoms. The first-order chi connectivity index (χ1) is 11.8. The van der Waals surface area contributed by atoms with E-state index in [1.54, 1.807) is 0 Å². The Balaban J connectivity index is 0.00000225. The van der Waals surface area contributed by atoms with Crippen molar-refractivity contribution in [3.63, 3.8) is 0 Å². The third kappa shape index (κ3) is 6.28. The Morgan fingerprint density at radius 2 is 1.84 bits per heavy atom. The predicted octanol–water partition coefficient (Wildman–Crippen LogP) is 3.54. The van der Waals surface area contributed by atoms with Crippen molar-refractivity contribution in [2.75, 3.05) is 19.7 Å². The van der Waals surface area contributed by atoms with Crippen molar-refractivity contribution in [2.24, 2.45) is 0 Å². The maximum atomic E-state index is 12.2. The van der Waals surface area contributed by atoms with Gasteiger partial charge in [-0.1, -0.05) is 49.9 Å². The van der Waals surface area contributed by atoms with Crippen molar-refractivity contribution in [1.29, 1.82) is 0 Å². The molecule has 140 valence electrons. The van der Waals surface area contributed by atoms with Crippen LogP contribution in [0.25, 0.3) is 0 Å². The van der Waals surface area contributed by atoms with Crippen molar-refractivity contribution in [1.82, 2.24) is 10.6 Å². The number of hydrogen-bond donors (Lipinski definition) is 2. The Bertz CT molecular complexity index is 530. The maximum Gasteiger partial charge on any atom is 0.223 e. The highest BCUT2D eigenvalue weighted by Gasteiger charge is 2.22. The zero-order valence-electron chi connectivity index (χ0n) is 15.0. The van der Waals surface area contributed by atoms with Crippen LogP contribution in [0.1, 0.15) is 62.2 Å². The molecule has 0 saturated heterocycles. The van der Waals surface area contributed by atoms with Crippen LogP contribution in [0, 0.1) is 0 Å². The summed E-state index contributed by atoms with van der Waals surface area (Å²) in [6.07, 6.45) is 9.24. The van der Waals surface area contributed by atoms with Crippen LogP contribution in [0.5, 0.6) is 0 Å². The number of rotatable bonds is 6. The molecule has 1 fully saturated rings. The first kappa shape index (κ1) is 20.2. The largest absolute Gasteiger partial charge is 0.373 e. The first-order valence-corrected chi connectivity index (χ1v) is 9.52. The summed E-state index contributed by atoms with van der Waals surface area (Å²) in [5, 5.41) is 6.62. The molecule has 1 amide bonds. The highest BCUT2D eigenvalue weighted by Crippen LogP contribution is 2.29. The summed E-state index contributed by atoms with van der Waals surface area (Å²) in [7, 11) is 0. The summed E-state index contributed by atoms with van der Waals surface area (Å²) in [6.45, 7) is 2.26. The van der Waals surface area contributed by atoms with Gasteiger partial charge in [0, 0.05) is 19.1 Å². The van der Waals surface area contributed by atoms with Crippen LogP contribution in [-0.4, -0.2) is 31.6 Å². The average molecular weight is 367 g/mol. The van der Waals surface area contributed by atoms with Gasteiger partial charge in [0.25, 0.3) is 0 Å². The van der Waals surface area contributed by atoms with Crippen LogP contribution in [-0.2, 0) is 16.0 Å². The minimum atomic E-state index is -0.0928. The van der Waals surface area contributed by atoms with Crippen LogP contribution in [0.2, 0.25) is 0 Å². The van der Waals surface area contributed by atoms with E-state index in [9.17, 15) is 4.79 Å². The van der Waals surface area contributed by atoms with E-state index in [2.05, 4.69) is 28.8 Å². The Morgan fingerprint density at radius 1 is 1.08 bits per heavy atom. The van der Waals surface area contributed by atoms with E-state index in [4.69, 9.17) is 4.74 Å². The van der Waals surface area contributed by atoms with Gasteiger partial charge < -0.3 is 15.4 Å². The smallest absolute Gasteiger partial charge is 0.223 e. The fourth-order valence-corrected chi connectivity index (χ4v) is 3.85. The van der Waals surface area contributed by atoms with Crippen molar-refractivity contribution >= 4 is 18.3 Å². The van der Waals surface area contributed by atoms with Crippen molar-refractivity contribution in [2.45, 2.75) is 63.5 Å². The summed E-state index contributed by atoms with van der Waals surface area (Å²) in [6, 6.07) is 8.94. The van der Waals surface area contributed by atoms with E-state index >= 15 is 0 Å². The molecule has 0 aromatic heterocycles. The number of amides is 1. The van der Waals surface area contributed by atoms with Gasteiger partial charge in [0.15, 0.2) is 0 Å². The number of carbonyl (C=O) groups is 1. The van der Waals surface area contributed by atoms with Gasteiger partial charge in [0.1, 0.15) is 0 Å². The Hall–Kier alpha value is -1.10. The quantitative estimate of drug-likeness (QED) is 0.598. The third-order valence-electron chi connectivity index (χ3n) is 5.20. The normalized spacial score (nSPS) is 20.9. The van der Waals surface area contributed by atoms with Crippen LogP contribution in [0.4, 0.5) is 0 Å². The molecular weight excluding hydrogens is 336 g/mol. The predicted molar refractivity (Wildman–Crippen MR) is 103 cm³/mol. The molecule has 1 unspecified atom stereocenters. The van der Waals surface area contributed by atoms with Gasteiger partial charge in [-0.15, -0.1) is 12.4 Å². The van der Waals surface area contributed by atoms with Crippen molar-refractivity contribution in [3.8, 4) is 0 Å². The molecule has 25 heavy (non-hydrogen) atoms. The van der Waals surface area contributed by atoms with E-state index in [0.29, 0.717) is 25.6 Å². The monoisotopic (exact) mass is 366 g/mol. The zero-order chi connectivity index (χ0) is 16.6.